The number of aliphatic carboxylic acids is 1. The number of aryl methyl sites for hydroxylation is 1. The van der Waals surface area contributed by atoms with Gasteiger partial charge in [0, 0.05) is 18.4 Å². The summed E-state index contributed by atoms with van der Waals surface area (Å²) in [5, 5.41) is 11.6. The van der Waals surface area contributed by atoms with Crippen molar-refractivity contribution in [3.8, 4) is 0 Å². The summed E-state index contributed by atoms with van der Waals surface area (Å²) in [5.41, 5.74) is -1.38. The Morgan fingerprint density at radius 2 is 2.20 bits per heavy atom. The molecule has 112 valence electrons. The number of methoxy groups -OCH3 is 1. The molecule has 0 radical (unpaired) electrons. The van der Waals surface area contributed by atoms with Gasteiger partial charge in [0.25, 0.3) is 0 Å². The zero-order chi connectivity index (χ0) is 15.2. The molecule has 0 aliphatic carbocycles. The number of nitrogens with one attached hydrogen (secondary N) is 1. The summed E-state index contributed by atoms with van der Waals surface area (Å²) in [7, 11) is 1.40. The molecule has 0 bridgehead atoms. The van der Waals surface area contributed by atoms with Crippen molar-refractivity contribution in [3.63, 3.8) is 0 Å². The number of thiophene rings is 1. The molecule has 1 amide bonds. The van der Waals surface area contributed by atoms with Crippen molar-refractivity contribution in [1.82, 2.24) is 5.32 Å². The van der Waals surface area contributed by atoms with Gasteiger partial charge in [-0.2, -0.15) is 0 Å². The lowest BCUT2D eigenvalue weighted by atomic mass is 10.0. The standard InChI is InChI=1S/C13H18BrNO4S/c1-13(8-19-2,12(17)18)15-11(16)5-3-4-9-6-7-10(14)20-9/h6-7H,3-5,8H2,1-2H3,(H,15,16)(H,17,18). The Labute approximate surface area is 130 Å². The number of carboxylic acids is 1. The number of carboxylic acid groups (broad SMARTS) is 1. The monoisotopic (exact) mass is 363 g/mol. The fourth-order valence-electron chi connectivity index (χ4n) is 1.72. The van der Waals surface area contributed by atoms with Gasteiger partial charge in [0.15, 0.2) is 5.54 Å². The van der Waals surface area contributed by atoms with Crippen LogP contribution in [0.4, 0.5) is 0 Å². The third kappa shape index (κ3) is 5.22. The van der Waals surface area contributed by atoms with Crippen LogP contribution in [0.15, 0.2) is 15.9 Å². The maximum absolute atomic E-state index is 11.8. The fraction of sp³-hybridized carbons (Fsp3) is 0.538. The minimum Gasteiger partial charge on any atom is -0.479 e. The molecule has 0 aromatic carbocycles. The average molecular weight is 364 g/mol. The maximum atomic E-state index is 11.8. The van der Waals surface area contributed by atoms with Crippen LogP contribution >= 0.6 is 27.3 Å². The summed E-state index contributed by atoms with van der Waals surface area (Å²) in [6.07, 6.45) is 1.78. The van der Waals surface area contributed by atoms with Gasteiger partial charge in [-0.15, -0.1) is 11.3 Å². The number of hydrogen-bond donors (Lipinski definition) is 2. The quantitative estimate of drug-likeness (QED) is 0.743. The third-order valence-corrected chi connectivity index (χ3v) is 4.46. The lowest BCUT2D eigenvalue weighted by Gasteiger charge is -2.25. The first-order valence-electron chi connectivity index (χ1n) is 6.15. The molecule has 1 aromatic heterocycles. The maximum Gasteiger partial charge on any atom is 0.331 e. The fourth-order valence-corrected chi connectivity index (χ4v) is 3.24. The van der Waals surface area contributed by atoms with Gasteiger partial charge >= 0.3 is 5.97 Å². The van der Waals surface area contributed by atoms with Crippen LogP contribution in [0.25, 0.3) is 0 Å². The molecule has 0 aliphatic heterocycles. The van der Waals surface area contributed by atoms with Crippen LogP contribution in [0.1, 0.15) is 24.6 Å². The van der Waals surface area contributed by atoms with Crippen LogP contribution in [-0.4, -0.2) is 36.2 Å². The highest BCUT2D eigenvalue weighted by molar-refractivity contribution is 9.11. The molecule has 5 nitrogen and oxygen atoms in total. The first kappa shape index (κ1) is 17.1. The average Bonchev–Trinajstić information content (AvgIpc) is 2.75. The smallest absolute Gasteiger partial charge is 0.331 e. The Hall–Kier alpha value is -0.920. The normalized spacial score (nSPS) is 13.8. The Kier molecular flexibility index (Phi) is 6.64. The van der Waals surface area contributed by atoms with Gasteiger partial charge < -0.3 is 15.2 Å². The number of ether oxygens (including phenoxy) is 1. The van der Waals surface area contributed by atoms with Crippen LogP contribution in [0, 0.1) is 0 Å². The number of rotatable bonds is 8. The summed E-state index contributed by atoms with van der Waals surface area (Å²) in [5.74, 6) is -1.38. The highest BCUT2D eigenvalue weighted by Crippen LogP contribution is 2.23. The zero-order valence-corrected chi connectivity index (χ0v) is 13.8. The highest BCUT2D eigenvalue weighted by atomic mass is 79.9. The molecular formula is C13H18BrNO4S. The summed E-state index contributed by atoms with van der Waals surface area (Å²) in [6.45, 7) is 1.37. The van der Waals surface area contributed by atoms with E-state index >= 15 is 0 Å². The van der Waals surface area contributed by atoms with Gasteiger partial charge in [0.2, 0.25) is 5.91 Å². The first-order valence-corrected chi connectivity index (χ1v) is 7.76. The van der Waals surface area contributed by atoms with Crippen molar-refractivity contribution < 1.29 is 19.4 Å². The van der Waals surface area contributed by atoms with Crippen molar-refractivity contribution in [1.29, 1.82) is 0 Å². The molecule has 1 unspecified atom stereocenters. The topological polar surface area (TPSA) is 75.6 Å². The van der Waals surface area contributed by atoms with E-state index in [-0.39, 0.29) is 12.5 Å². The van der Waals surface area contributed by atoms with E-state index in [0.717, 1.165) is 10.2 Å². The van der Waals surface area contributed by atoms with Crippen LogP contribution in [0.2, 0.25) is 0 Å². The molecule has 2 N–H and O–H groups in total. The van der Waals surface area contributed by atoms with E-state index in [1.54, 1.807) is 11.3 Å². The van der Waals surface area contributed by atoms with Crippen molar-refractivity contribution in [2.45, 2.75) is 31.7 Å². The molecular weight excluding hydrogens is 346 g/mol. The SMILES string of the molecule is COCC(C)(NC(=O)CCCc1ccc(Br)s1)C(=O)O. The third-order valence-electron chi connectivity index (χ3n) is 2.78. The molecule has 0 fully saturated rings. The largest absolute Gasteiger partial charge is 0.479 e. The number of amides is 1. The number of carbonyl (C=O) groups excluding carboxylic acids is 1. The number of hydrogen-bond acceptors (Lipinski definition) is 4. The summed E-state index contributed by atoms with van der Waals surface area (Å²) in [4.78, 5) is 24.1. The van der Waals surface area contributed by atoms with Gasteiger partial charge in [-0.3, -0.25) is 4.79 Å². The van der Waals surface area contributed by atoms with E-state index in [2.05, 4.69) is 21.2 Å². The van der Waals surface area contributed by atoms with Crippen molar-refractivity contribution >= 4 is 39.1 Å². The second-order valence-corrected chi connectivity index (χ2v) is 7.23. The van der Waals surface area contributed by atoms with Crippen LogP contribution in [0.3, 0.4) is 0 Å². The Morgan fingerprint density at radius 3 is 2.70 bits per heavy atom. The van der Waals surface area contributed by atoms with E-state index in [9.17, 15) is 9.59 Å². The molecule has 0 spiro atoms. The van der Waals surface area contributed by atoms with E-state index in [1.807, 2.05) is 12.1 Å². The van der Waals surface area contributed by atoms with Gasteiger partial charge in [-0.1, -0.05) is 0 Å². The van der Waals surface area contributed by atoms with E-state index in [0.29, 0.717) is 12.8 Å². The minimum atomic E-state index is -1.38. The first-order chi connectivity index (χ1) is 9.37. The van der Waals surface area contributed by atoms with Crippen molar-refractivity contribution in [2.24, 2.45) is 0 Å². The second kappa shape index (κ2) is 7.75. The number of carbonyl (C=O) groups is 2. The molecule has 0 saturated carbocycles. The summed E-state index contributed by atoms with van der Waals surface area (Å²) in [6, 6.07) is 3.99. The van der Waals surface area contributed by atoms with Gasteiger partial charge in [-0.25, -0.2) is 4.79 Å². The molecule has 0 saturated heterocycles. The molecule has 1 atom stereocenters. The van der Waals surface area contributed by atoms with Crippen LogP contribution < -0.4 is 5.32 Å². The molecule has 1 heterocycles. The Morgan fingerprint density at radius 1 is 1.50 bits per heavy atom. The van der Waals surface area contributed by atoms with Crippen molar-refractivity contribution in [3.05, 3.63) is 20.8 Å². The van der Waals surface area contributed by atoms with E-state index in [1.165, 1.54) is 18.9 Å². The van der Waals surface area contributed by atoms with Gasteiger partial charge in [0.05, 0.1) is 10.4 Å². The van der Waals surface area contributed by atoms with Crippen molar-refractivity contribution in [2.75, 3.05) is 13.7 Å². The summed E-state index contributed by atoms with van der Waals surface area (Å²) >= 11 is 5.02. The molecule has 0 aliphatic rings. The summed E-state index contributed by atoms with van der Waals surface area (Å²) < 4.78 is 5.91. The number of halogens is 1. The predicted octanol–water partition coefficient (Wildman–Crippen LogP) is 2.44. The Balaban J connectivity index is 2.40. The van der Waals surface area contributed by atoms with E-state index < -0.39 is 11.5 Å². The van der Waals surface area contributed by atoms with Gasteiger partial charge in [0.1, 0.15) is 0 Å². The lowest BCUT2D eigenvalue weighted by molar-refractivity contribution is -0.149. The zero-order valence-electron chi connectivity index (χ0n) is 11.4. The Bertz CT molecular complexity index is 477. The predicted molar refractivity (Wildman–Crippen MR) is 81.0 cm³/mol. The molecule has 1 aromatic rings. The van der Waals surface area contributed by atoms with E-state index in [4.69, 9.17) is 9.84 Å². The second-order valence-electron chi connectivity index (χ2n) is 4.68. The van der Waals surface area contributed by atoms with Crippen LogP contribution in [0.5, 0.6) is 0 Å². The molecule has 7 heteroatoms. The minimum absolute atomic E-state index is 0.0635. The molecule has 1 rings (SSSR count). The molecule has 20 heavy (non-hydrogen) atoms. The van der Waals surface area contributed by atoms with Gasteiger partial charge in [-0.05, 0) is 47.8 Å². The highest BCUT2D eigenvalue weighted by Gasteiger charge is 2.34. The van der Waals surface area contributed by atoms with Crippen LogP contribution in [-0.2, 0) is 20.7 Å². The lowest BCUT2D eigenvalue weighted by Crippen LogP contribution is -2.55.